The van der Waals surface area contributed by atoms with Crippen molar-refractivity contribution in [1.29, 1.82) is 0 Å². The summed E-state index contributed by atoms with van der Waals surface area (Å²) in [5.41, 5.74) is 3.44. The molecule has 3 aromatic carbocycles. The summed E-state index contributed by atoms with van der Waals surface area (Å²) in [6, 6.07) is 16.0. The molecular weight excluding hydrogens is 502 g/mol. The standard InChI is InChI=1S/C26H24ClN3O7/c1-34-21-12-17(13-22(35-2)24(21)36-3)25(32)28-15-23(31)30-29-14-16-8-10-18(11-9-16)37-26(33)19-6-4-5-7-20(19)27/h4-14H,15H2,1-3H3,(H,28,32)(H,30,31)/b29-14+. The third-order valence-corrected chi connectivity index (χ3v) is 5.25. The van der Waals surface area contributed by atoms with Gasteiger partial charge in [-0.3, -0.25) is 9.59 Å². The zero-order valence-electron chi connectivity index (χ0n) is 20.2. The first-order valence-corrected chi connectivity index (χ1v) is 11.2. The lowest BCUT2D eigenvalue weighted by atomic mass is 10.1. The van der Waals surface area contributed by atoms with Crippen LogP contribution in [0, 0.1) is 0 Å². The molecule has 0 fully saturated rings. The van der Waals surface area contributed by atoms with Gasteiger partial charge in [-0.25, -0.2) is 10.2 Å². The molecule has 37 heavy (non-hydrogen) atoms. The molecule has 0 aromatic heterocycles. The SMILES string of the molecule is COc1cc(C(=O)NCC(=O)N/N=C/c2ccc(OC(=O)c3ccccc3Cl)cc2)cc(OC)c1OC. The molecule has 0 unspecified atom stereocenters. The van der Waals surface area contributed by atoms with Crippen molar-refractivity contribution in [3.05, 3.63) is 82.4 Å². The van der Waals surface area contributed by atoms with Gasteiger partial charge in [-0.15, -0.1) is 0 Å². The molecule has 2 amide bonds. The summed E-state index contributed by atoms with van der Waals surface area (Å²) in [6.07, 6.45) is 1.40. The van der Waals surface area contributed by atoms with Crippen LogP contribution < -0.4 is 29.7 Å². The maximum Gasteiger partial charge on any atom is 0.345 e. The Morgan fingerprint density at radius 3 is 2.16 bits per heavy atom. The summed E-state index contributed by atoms with van der Waals surface area (Å²) in [7, 11) is 4.33. The number of esters is 1. The zero-order chi connectivity index (χ0) is 26.8. The fourth-order valence-corrected chi connectivity index (χ4v) is 3.32. The van der Waals surface area contributed by atoms with E-state index in [0.717, 1.165) is 0 Å². The van der Waals surface area contributed by atoms with Crippen LogP contribution in [0.1, 0.15) is 26.3 Å². The van der Waals surface area contributed by atoms with Crippen molar-refractivity contribution in [1.82, 2.24) is 10.7 Å². The third kappa shape index (κ3) is 7.21. The highest BCUT2D eigenvalue weighted by Gasteiger charge is 2.17. The normalized spacial score (nSPS) is 10.5. The van der Waals surface area contributed by atoms with Crippen molar-refractivity contribution >= 4 is 35.6 Å². The van der Waals surface area contributed by atoms with Crippen molar-refractivity contribution in [2.75, 3.05) is 27.9 Å². The molecule has 0 bridgehead atoms. The van der Waals surface area contributed by atoms with Crippen LogP contribution >= 0.6 is 11.6 Å². The van der Waals surface area contributed by atoms with Crippen LogP contribution in [0.25, 0.3) is 0 Å². The van der Waals surface area contributed by atoms with Crippen LogP contribution in [0.2, 0.25) is 5.02 Å². The molecule has 3 rings (SSSR count). The number of methoxy groups -OCH3 is 3. The van der Waals surface area contributed by atoms with E-state index in [1.807, 2.05) is 0 Å². The predicted octanol–water partition coefficient (Wildman–Crippen LogP) is 3.47. The number of nitrogens with zero attached hydrogens (tertiary/aromatic N) is 1. The minimum Gasteiger partial charge on any atom is -0.493 e. The fourth-order valence-electron chi connectivity index (χ4n) is 3.10. The van der Waals surface area contributed by atoms with Gasteiger partial charge in [0.05, 0.1) is 44.7 Å². The Morgan fingerprint density at radius 1 is 0.919 bits per heavy atom. The van der Waals surface area contributed by atoms with E-state index in [0.29, 0.717) is 33.6 Å². The van der Waals surface area contributed by atoms with Gasteiger partial charge in [0, 0.05) is 5.56 Å². The first-order valence-electron chi connectivity index (χ1n) is 10.8. The van der Waals surface area contributed by atoms with E-state index < -0.39 is 17.8 Å². The largest absolute Gasteiger partial charge is 0.493 e. The fraction of sp³-hybridized carbons (Fsp3) is 0.154. The number of amides is 2. The van der Waals surface area contributed by atoms with Gasteiger partial charge in [0.2, 0.25) is 5.75 Å². The number of hydrogen-bond donors (Lipinski definition) is 2. The molecule has 2 N–H and O–H groups in total. The van der Waals surface area contributed by atoms with E-state index in [-0.39, 0.29) is 17.7 Å². The number of benzene rings is 3. The van der Waals surface area contributed by atoms with E-state index in [2.05, 4.69) is 15.8 Å². The van der Waals surface area contributed by atoms with E-state index >= 15 is 0 Å². The van der Waals surface area contributed by atoms with E-state index in [4.69, 9.17) is 30.5 Å². The van der Waals surface area contributed by atoms with Crippen LogP contribution in [-0.4, -0.2) is 51.9 Å². The molecule has 0 heterocycles. The summed E-state index contributed by atoms with van der Waals surface area (Å²) in [4.78, 5) is 36.8. The summed E-state index contributed by atoms with van der Waals surface area (Å²) in [5, 5.41) is 6.66. The molecule has 192 valence electrons. The van der Waals surface area contributed by atoms with E-state index in [1.54, 1.807) is 48.5 Å². The van der Waals surface area contributed by atoms with Crippen LogP contribution in [0.15, 0.2) is 65.8 Å². The van der Waals surface area contributed by atoms with Gasteiger partial charge < -0.3 is 24.3 Å². The molecule has 0 radical (unpaired) electrons. The lowest BCUT2D eigenvalue weighted by Crippen LogP contribution is -2.34. The molecule has 3 aromatic rings. The Morgan fingerprint density at radius 2 is 1.57 bits per heavy atom. The number of ether oxygens (including phenoxy) is 4. The molecule has 0 saturated carbocycles. The average molecular weight is 526 g/mol. The number of carbonyl (C=O) groups excluding carboxylic acids is 3. The first-order chi connectivity index (χ1) is 17.9. The Hall–Kier alpha value is -4.57. The first kappa shape index (κ1) is 27.0. The molecule has 0 spiro atoms. The Labute approximate surface area is 218 Å². The highest BCUT2D eigenvalue weighted by Crippen LogP contribution is 2.38. The van der Waals surface area contributed by atoms with Crippen LogP contribution in [0.5, 0.6) is 23.0 Å². The van der Waals surface area contributed by atoms with Crippen molar-refractivity contribution in [3.8, 4) is 23.0 Å². The molecule has 0 saturated heterocycles. The quantitative estimate of drug-likeness (QED) is 0.180. The topological polar surface area (TPSA) is 125 Å². The van der Waals surface area contributed by atoms with Crippen molar-refractivity contribution in [2.45, 2.75) is 0 Å². The molecule has 0 aliphatic rings. The third-order valence-electron chi connectivity index (χ3n) is 4.92. The predicted molar refractivity (Wildman–Crippen MR) is 137 cm³/mol. The Balaban J connectivity index is 1.50. The molecule has 11 heteroatoms. The van der Waals surface area contributed by atoms with Gasteiger partial charge in [0.1, 0.15) is 5.75 Å². The molecule has 0 aliphatic heterocycles. The second-order valence-corrected chi connectivity index (χ2v) is 7.74. The Kier molecular flexibility index (Phi) is 9.45. The lowest BCUT2D eigenvalue weighted by Gasteiger charge is -2.14. The minimum absolute atomic E-state index is 0.223. The summed E-state index contributed by atoms with van der Waals surface area (Å²) in [6.45, 7) is -0.316. The van der Waals surface area contributed by atoms with Gasteiger partial charge >= 0.3 is 5.97 Å². The maximum absolute atomic E-state index is 12.5. The molecular formula is C26H24ClN3O7. The van der Waals surface area contributed by atoms with Crippen molar-refractivity contribution in [3.63, 3.8) is 0 Å². The van der Waals surface area contributed by atoms with Gasteiger partial charge in [-0.2, -0.15) is 5.10 Å². The van der Waals surface area contributed by atoms with Crippen molar-refractivity contribution < 1.29 is 33.3 Å². The monoisotopic (exact) mass is 525 g/mol. The smallest absolute Gasteiger partial charge is 0.345 e. The van der Waals surface area contributed by atoms with E-state index in [9.17, 15) is 14.4 Å². The van der Waals surface area contributed by atoms with Crippen molar-refractivity contribution in [2.24, 2.45) is 5.10 Å². The lowest BCUT2D eigenvalue weighted by molar-refractivity contribution is -0.120. The van der Waals surface area contributed by atoms with Gasteiger partial charge in [-0.1, -0.05) is 23.7 Å². The average Bonchev–Trinajstić information content (AvgIpc) is 2.91. The number of nitrogens with one attached hydrogen (secondary N) is 2. The number of halogens is 1. The number of rotatable bonds is 10. The summed E-state index contributed by atoms with van der Waals surface area (Å²) < 4.78 is 21.0. The highest BCUT2D eigenvalue weighted by atomic mass is 35.5. The minimum atomic E-state index is -0.576. The molecule has 10 nitrogen and oxygen atoms in total. The second-order valence-electron chi connectivity index (χ2n) is 7.33. The molecule has 0 aliphatic carbocycles. The second kappa shape index (κ2) is 12.9. The summed E-state index contributed by atoms with van der Waals surface area (Å²) >= 11 is 6.01. The maximum atomic E-state index is 12.5. The van der Waals surface area contributed by atoms with Crippen LogP contribution in [0.4, 0.5) is 0 Å². The van der Waals surface area contributed by atoms with Gasteiger partial charge in [-0.05, 0) is 54.1 Å². The number of hydrazone groups is 1. The number of hydrogen-bond acceptors (Lipinski definition) is 8. The Bertz CT molecular complexity index is 1280. The van der Waals surface area contributed by atoms with Crippen LogP contribution in [-0.2, 0) is 4.79 Å². The highest BCUT2D eigenvalue weighted by molar-refractivity contribution is 6.33. The number of carbonyl (C=O) groups is 3. The van der Waals surface area contributed by atoms with Crippen LogP contribution in [0.3, 0.4) is 0 Å². The zero-order valence-corrected chi connectivity index (χ0v) is 21.0. The van der Waals surface area contributed by atoms with E-state index in [1.165, 1.54) is 39.7 Å². The van der Waals surface area contributed by atoms with Gasteiger partial charge in [0.25, 0.3) is 11.8 Å². The van der Waals surface area contributed by atoms with Gasteiger partial charge in [0.15, 0.2) is 11.5 Å². The molecule has 0 atom stereocenters. The summed E-state index contributed by atoms with van der Waals surface area (Å²) in [5.74, 6) is -0.340.